The molecule has 0 fully saturated rings. The molecule has 0 N–H and O–H groups in total. The Kier molecular flexibility index (Phi) is 7.47. The molecule has 1 rings (SSSR count). The van der Waals surface area contributed by atoms with E-state index < -0.39 is 32.4 Å². The van der Waals surface area contributed by atoms with E-state index in [-0.39, 0.29) is 37.7 Å². The topological polar surface area (TPSA) is 129 Å². The van der Waals surface area contributed by atoms with E-state index in [1.165, 1.54) is 24.3 Å². The number of hydrogen-bond acceptors (Lipinski definition) is 6. The van der Waals surface area contributed by atoms with Gasteiger partial charge >= 0.3 is 0 Å². The van der Waals surface area contributed by atoms with Gasteiger partial charge < -0.3 is 0 Å². The maximum Gasteiger partial charge on any atom is 0.205 e. The van der Waals surface area contributed by atoms with Crippen LogP contribution in [0.2, 0.25) is 0 Å². The molecule has 6 nitrogen and oxygen atoms in total. The van der Waals surface area contributed by atoms with Crippen LogP contribution in [0.4, 0.5) is 0 Å². The van der Waals surface area contributed by atoms with E-state index in [0.29, 0.717) is 0 Å². The van der Waals surface area contributed by atoms with Crippen LogP contribution >= 0.6 is 0 Å². The van der Waals surface area contributed by atoms with E-state index in [1.54, 1.807) is 0 Å². The van der Waals surface area contributed by atoms with Gasteiger partial charge in [0, 0.05) is 37.7 Å². The van der Waals surface area contributed by atoms with Gasteiger partial charge in [-0.25, -0.2) is 0 Å². The predicted molar refractivity (Wildman–Crippen MR) is 61.4 cm³/mol. The van der Waals surface area contributed by atoms with E-state index in [0.717, 1.165) is 0 Å². The summed E-state index contributed by atoms with van der Waals surface area (Å²) < 4.78 is 0. The first-order valence-corrected chi connectivity index (χ1v) is 3.80. The number of rotatable bonds is 0. The summed E-state index contributed by atoms with van der Waals surface area (Å²) >= 11 is 0. The molecule has 0 atom stereocenters. The van der Waals surface area contributed by atoms with Gasteiger partial charge in [-0.15, -0.1) is 0 Å². The van der Waals surface area contributed by atoms with Crippen molar-refractivity contribution in [2.24, 2.45) is 0 Å². The van der Waals surface area contributed by atoms with Gasteiger partial charge in [0.1, 0.15) is 35.4 Å². The molecular weight excluding hydrogens is 222 g/mol. The zero-order valence-electron chi connectivity index (χ0n) is 9.61. The molecule has 0 unspecified atom stereocenters. The second-order valence-electron chi connectivity index (χ2n) is 2.61. The molecule has 0 heterocycles. The van der Waals surface area contributed by atoms with Crippen LogP contribution in [0.5, 0.6) is 0 Å². The van der Waals surface area contributed by atoms with Crippen LogP contribution in [0.15, 0.2) is 9.59 Å². The van der Waals surface area contributed by atoms with E-state index in [4.69, 9.17) is 21.0 Å². The molecule has 0 aromatic heterocycles. The molecule has 0 aliphatic heterocycles. The van der Waals surface area contributed by atoms with Crippen LogP contribution in [0.1, 0.15) is 0 Å². The average molecular weight is 222 g/mol. The van der Waals surface area contributed by atoms with E-state index >= 15 is 0 Å². The Bertz CT molecular complexity index is 703. The molecular formula is C10Li2N4O2. The molecule has 18 heavy (non-hydrogen) atoms. The fraction of sp³-hybridized carbons (Fsp3) is 0. The Labute approximate surface area is 125 Å². The molecule has 8 heteroatoms. The summed E-state index contributed by atoms with van der Waals surface area (Å²) in [6.45, 7) is 0. The molecule has 0 aliphatic carbocycles. The second kappa shape index (κ2) is 7.33. The van der Waals surface area contributed by atoms with Crippen molar-refractivity contribution in [2.75, 3.05) is 0 Å². The summed E-state index contributed by atoms with van der Waals surface area (Å²) in [7, 11) is 0. The summed E-state index contributed by atoms with van der Waals surface area (Å²) in [6.07, 6.45) is 0. The van der Waals surface area contributed by atoms with Crippen LogP contribution < -0.4 is 21.3 Å². The minimum absolute atomic E-state index is 0. The normalized spacial score (nSPS) is 7.33. The summed E-state index contributed by atoms with van der Waals surface area (Å²) in [4.78, 5) is 22.7. The maximum atomic E-state index is 11.3. The van der Waals surface area contributed by atoms with Crippen molar-refractivity contribution in [3.63, 3.8) is 0 Å². The Balaban J connectivity index is 0. The van der Waals surface area contributed by atoms with Gasteiger partial charge in [0.2, 0.25) is 10.9 Å². The number of nitrogens with zero attached hydrogens (tertiary/aromatic N) is 4. The molecule has 74 valence electrons. The van der Waals surface area contributed by atoms with Crippen LogP contribution in [0.25, 0.3) is 11.1 Å². The van der Waals surface area contributed by atoms with E-state index in [9.17, 15) is 9.59 Å². The van der Waals surface area contributed by atoms with Gasteiger partial charge in [-0.05, 0) is 0 Å². The van der Waals surface area contributed by atoms with Gasteiger partial charge in [-0.1, -0.05) is 0 Å². The quantitative estimate of drug-likeness (QED) is 0.428. The molecule has 0 amide bonds. The third-order valence-corrected chi connectivity index (χ3v) is 1.86. The zero-order chi connectivity index (χ0) is 12.3. The van der Waals surface area contributed by atoms with Crippen molar-refractivity contribution in [1.29, 1.82) is 21.0 Å². The van der Waals surface area contributed by atoms with Crippen molar-refractivity contribution < 1.29 is 0 Å². The Morgan fingerprint density at radius 1 is 0.667 bits per heavy atom. The van der Waals surface area contributed by atoms with Gasteiger partial charge in [0.25, 0.3) is 0 Å². The fourth-order valence-corrected chi connectivity index (χ4v) is 1.12. The van der Waals surface area contributed by atoms with Crippen molar-refractivity contribution in [3.8, 4) is 24.3 Å². The van der Waals surface area contributed by atoms with Crippen molar-refractivity contribution >= 4 is 48.9 Å². The van der Waals surface area contributed by atoms with Crippen molar-refractivity contribution in [1.82, 2.24) is 0 Å². The van der Waals surface area contributed by atoms with Crippen molar-refractivity contribution in [3.05, 3.63) is 30.9 Å². The van der Waals surface area contributed by atoms with Crippen LogP contribution in [-0.4, -0.2) is 37.7 Å². The Morgan fingerprint density at radius 3 is 1.06 bits per heavy atom. The summed E-state index contributed by atoms with van der Waals surface area (Å²) in [6, 6.07) is 5.59. The molecule has 2 radical (unpaired) electrons. The molecule has 1 aromatic rings. The smallest absolute Gasteiger partial charge is 0.205 e. The maximum absolute atomic E-state index is 11.3. The second-order valence-corrected chi connectivity index (χ2v) is 2.61. The summed E-state index contributed by atoms with van der Waals surface area (Å²) in [5.41, 5.74) is -3.01. The zero-order valence-corrected chi connectivity index (χ0v) is 9.61. The number of hydrogen-bond donors (Lipinski definition) is 0. The number of nitriles is 4. The standard InChI is InChI=1S/C10N4O2.2Li/c11-1-5(2-12)7-9(15)8(10(7)16)6(3-13)4-14;;. The van der Waals surface area contributed by atoms with E-state index in [1.807, 2.05) is 0 Å². The van der Waals surface area contributed by atoms with Gasteiger partial charge in [0.05, 0.1) is 10.4 Å². The molecule has 0 bridgehead atoms. The van der Waals surface area contributed by atoms with Gasteiger partial charge in [-0.3, -0.25) is 9.59 Å². The SMILES string of the molecule is N#CC(C#N)=c1c(=O)c(=C(C#N)C#N)c1=O.[Li].[Li]. The Morgan fingerprint density at radius 2 is 0.889 bits per heavy atom. The molecule has 0 saturated heterocycles. The van der Waals surface area contributed by atoms with Gasteiger partial charge in [-0.2, -0.15) is 21.0 Å². The van der Waals surface area contributed by atoms with E-state index in [2.05, 4.69) is 0 Å². The third-order valence-electron chi connectivity index (χ3n) is 1.86. The van der Waals surface area contributed by atoms with Crippen molar-refractivity contribution in [2.45, 2.75) is 0 Å². The average Bonchev–Trinajstić information content (AvgIpc) is 2.32. The van der Waals surface area contributed by atoms with Crippen LogP contribution in [0.3, 0.4) is 0 Å². The summed E-state index contributed by atoms with van der Waals surface area (Å²) in [5.74, 6) is 0. The monoisotopic (exact) mass is 222 g/mol. The predicted octanol–water partition coefficient (Wildman–Crippen LogP) is -3.08. The Hall–Kier alpha value is -2.03. The first kappa shape index (κ1) is 18.3. The summed E-state index contributed by atoms with van der Waals surface area (Å²) in [5, 5.41) is 32.7. The first-order valence-electron chi connectivity index (χ1n) is 3.80. The minimum Gasteiger partial charge on any atom is -0.288 e. The van der Waals surface area contributed by atoms with Crippen LogP contribution in [0, 0.1) is 45.3 Å². The third kappa shape index (κ3) is 2.62. The molecule has 1 aromatic carbocycles. The van der Waals surface area contributed by atoms with Gasteiger partial charge in [0.15, 0.2) is 0 Å². The first-order chi connectivity index (χ1) is 7.62. The minimum atomic E-state index is -0.902. The van der Waals surface area contributed by atoms with Crippen LogP contribution in [-0.2, 0) is 0 Å². The fourth-order valence-electron chi connectivity index (χ4n) is 1.12. The largest absolute Gasteiger partial charge is 0.288 e. The molecule has 0 saturated carbocycles. The molecule has 0 aliphatic rings. The molecule has 0 spiro atoms.